The van der Waals surface area contributed by atoms with E-state index in [1.165, 1.54) is 11.3 Å². The summed E-state index contributed by atoms with van der Waals surface area (Å²) in [4.78, 5) is 18.4. The van der Waals surface area contributed by atoms with Gasteiger partial charge in [0.15, 0.2) is 4.90 Å². The average molecular weight is 375 g/mol. The van der Waals surface area contributed by atoms with Crippen LogP contribution < -0.4 is 11.1 Å². The molecule has 0 aliphatic carbocycles. The maximum absolute atomic E-state index is 12.5. The predicted octanol–water partition coefficient (Wildman–Crippen LogP) is 1.95. The Hall–Kier alpha value is -2.23. The number of amides is 1. The lowest BCUT2D eigenvalue weighted by atomic mass is 10.1. The van der Waals surface area contributed by atoms with Gasteiger partial charge in [-0.3, -0.25) is 9.78 Å². The van der Waals surface area contributed by atoms with Crippen LogP contribution in [0.25, 0.3) is 10.2 Å². The Labute approximate surface area is 151 Å². The molecule has 1 unspecified atom stereocenters. The van der Waals surface area contributed by atoms with E-state index < -0.39 is 11.2 Å². The number of anilines is 1. The number of fused-ring (bicyclic) bond motifs is 1. The highest BCUT2D eigenvalue weighted by Crippen LogP contribution is 2.34. The molecule has 0 aliphatic heterocycles. The number of pyridine rings is 1. The first kappa shape index (κ1) is 17.6. The van der Waals surface area contributed by atoms with Crippen LogP contribution in [0.5, 0.6) is 0 Å². The van der Waals surface area contributed by atoms with Gasteiger partial charge in [-0.1, -0.05) is 0 Å². The number of nitrogen functional groups attached to an aromatic ring is 1. The third-order valence-electron chi connectivity index (χ3n) is 3.90. The number of hydrogen-bond donors (Lipinski definition) is 2. The van der Waals surface area contributed by atoms with Crippen LogP contribution in [0.1, 0.15) is 26.6 Å². The number of aromatic nitrogens is 3. The zero-order valence-corrected chi connectivity index (χ0v) is 15.6. The van der Waals surface area contributed by atoms with Crippen molar-refractivity contribution < 1.29 is 9.35 Å². The summed E-state index contributed by atoms with van der Waals surface area (Å²) in [7, 11) is 0. The summed E-state index contributed by atoms with van der Waals surface area (Å²) in [5.41, 5.74) is 8.99. The quantitative estimate of drug-likeness (QED) is 0.673. The van der Waals surface area contributed by atoms with Gasteiger partial charge in [-0.05, 0) is 42.7 Å². The number of nitrogens with one attached hydrogen (secondary N) is 1. The second-order valence-corrected chi connectivity index (χ2v) is 7.94. The van der Waals surface area contributed by atoms with E-state index in [1.54, 1.807) is 24.6 Å². The van der Waals surface area contributed by atoms with E-state index in [9.17, 15) is 9.35 Å². The number of carbonyl (C=O) groups excluding carboxylic acids is 1. The van der Waals surface area contributed by atoms with Crippen LogP contribution in [-0.4, -0.2) is 31.9 Å². The summed E-state index contributed by atoms with van der Waals surface area (Å²) in [6.07, 6.45) is 3.14. The largest absolute Gasteiger partial charge is 0.612 e. The van der Waals surface area contributed by atoms with Gasteiger partial charge in [-0.2, -0.15) is 5.10 Å². The average Bonchev–Trinajstić information content (AvgIpc) is 2.94. The van der Waals surface area contributed by atoms with Crippen LogP contribution in [-0.2, 0) is 17.7 Å². The predicted molar refractivity (Wildman–Crippen MR) is 99.0 cm³/mol. The van der Waals surface area contributed by atoms with Gasteiger partial charge in [0, 0.05) is 5.39 Å². The van der Waals surface area contributed by atoms with E-state index in [1.807, 2.05) is 13.8 Å². The summed E-state index contributed by atoms with van der Waals surface area (Å²) < 4.78 is 11.4. The second-order valence-electron chi connectivity index (χ2n) is 5.56. The van der Waals surface area contributed by atoms with E-state index >= 15 is 0 Å². The first-order valence-corrected chi connectivity index (χ1v) is 9.84. The Morgan fingerprint density at radius 2 is 2.12 bits per heavy atom. The fourth-order valence-corrected chi connectivity index (χ4v) is 3.82. The molecule has 7 nitrogen and oxygen atoms in total. The van der Waals surface area contributed by atoms with Crippen molar-refractivity contribution in [1.29, 1.82) is 0 Å². The number of rotatable bonds is 4. The van der Waals surface area contributed by atoms with Crippen LogP contribution in [0.2, 0.25) is 0 Å². The molecule has 9 heteroatoms. The van der Waals surface area contributed by atoms with Gasteiger partial charge in [-0.15, -0.1) is 16.4 Å². The summed E-state index contributed by atoms with van der Waals surface area (Å²) in [5.74, 6) is -0.275. The number of hydrogen-bond acceptors (Lipinski definition) is 7. The molecule has 0 radical (unpaired) electrons. The molecule has 3 heterocycles. The normalized spacial score (nSPS) is 12.3. The zero-order valence-electron chi connectivity index (χ0n) is 14.0. The Morgan fingerprint density at radius 1 is 1.36 bits per heavy atom. The molecular weight excluding hydrogens is 358 g/mol. The molecule has 3 rings (SSSR count). The van der Waals surface area contributed by atoms with E-state index in [4.69, 9.17) is 5.73 Å². The van der Waals surface area contributed by atoms with Gasteiger partial charge < -0.3 is 15.6 Å². The van der Waals surface area contributed by atoms with Crippen molar-refractivity contribution in [2.75, 3.05) is 12.0 Å². The molecule has 0 saturated carbocycles. The van der Waals surface area contributed by atoms with Crippen molar-refractivity contribution in [3.05, 3.63) is 40.2 Å². The van der Waals surface area contributed by atoms with Crippen LogP contribution >= 0.6 is 11.3 Å². The van der Waals surface area contributed by atoms with Crippen molar-refractivity contribution in [3.8, 4) is 0 Å². The summed E-state index contributed by atoms with van der Waals surface area (Å²) in [6, 6.07) is 3.48. The standard InChI is InChI=1S/C16H17N5O2S2/c1-8-9(2)20-21-16-12(8)13(17)14(24-16)15(22)19-6-10-4-5-11(7-18-10)25(3)23/h4-5,7H,6,17H2,1-3H3,(H,19,22). The minimum absolute atomic E-state index is 0.257. The Bertz CT molecular complexity index is 938. The van der Waals surface area contributed by atoms with Gasteiger partial charge in [0.1, 0.15) is 16.0 Å². The lowest BCUT2D eigenvalue weighted by Gasteiger charge is -2.06. The van der Waals surface area contributed by atoms with Crippen molar-refractivity contribution >= 4 is 44.3 Å². The van der Waals surface area contributed by atoms with Crippen LogP contribution in [0.15, 0.2) is 23.2 Å². The monoisotopic (exact) mass is 375 g/mol. The van der Waals surface area contributed by atoms with E-state index in [-0.39, 0.29) is 12.5 Å². The first-order valence-electron chi connectivity index (χ1n) is 7.47. The number of carbonyl (C=O) groups is 1. The lowest BCUT2D eigenvalue weighted by Crippen LogP contribution is -2.23. The summed E-state index contributed by atoms with van der Waals surface area (Å²) in [5, 5.41) is 11.8. The highest BCUT2D eigenvalue weighted by molar-refractivity contribution is 7.90. The summed E-state index contributed by atoms with van der Waals surface area (Å²) in [6.45, 7) is 4.03. The van der Waals surface area contributed by atoms with Gasteiger partial charge in [0.05, 0.1) is 29.8 Å². The van der Waals surface area contributed by atoms with Gasteiger partial charge in [0.25, 0.3) is 5.91 Å². The Morgan fingerprint density at radius 3 is 2.76 bits per heavy atom. The number of aryl methyl sites for hydroxylation is 2. The fraction of sp³-hybridized carbons (Fsp3) is 0.250. The van der Waals surface area contributed by atoms with Gasteiger partial charge in [-0.25, -0.2) is 0 Å². The molecule has 25 heavy (non-hydrogen) atoms. The maximum atomic E-state index is 12.5. The fourth-order valence-electron chi connectivity index (χ4n) is 2.35. The van der Waals surface area contributed by atoms with Crippen molar-refractivity contribution in [2.45, 2.75) is 25.3 Å². The molecule has 1 amide bonds. The molecule has 1 atom stereocenters. The molecular formula is C16H17N5O2S2. The van der Waals surface area contributed by atoms with Crippen LogP contribution in [0.3, 0.4) is 0 Å². The molecule has 0 fully saturated rings. The zero-order chi connectivity index (χ0) is 18.1. The highest BCUT2D eigenvalue weighted by atomic mass is 32.2. The first-order chi connectivity index (χ1) is 11.9. The van der Waals surface area contributed by atoms with Crippen LogP contribution in [0, 0.1) is 13.8 Å². The van der Waals surface area contributed by atoms with Crippen molar-refractivity contribution in [2.24, 2.45) is 0 Å². The minimum Gasteiger partial charge on any atom is -0.612 e. The van der Waals surface area contributed by atoms with Crippen molar-refractivity contribution in [3.63, 3.8) is 0 Å². The molecule has 0 spiro atoms. The van der Waals surface area contributed by atoms with E-state index in [0.717, 1.165) is 16.6 Å². The van der Waals surface area contributed by atoms with Crippen molar-refractivity contribution in [1.82, 2.24) is 20.5 Å². The molecule has 0 aromatic carbocycles. The third kappa shape index (κ3) is 3.44. The van der Waals surface area contributed by atoms with Crippen LogP contribution in [0.4, 0.5) is 5.69 Å². The molecule has 3 aromatic rings. The minimum atomic E-state index is -1.07. The smallest absolute Gasteiger partial charge is 0.263 e. The Kier molecular flexibility index (Phi) is 4.89. The SMILES string of the molecule is Cc1nnc2sc(C(=O)NCc3ccc([S+](C)[O-])cn3)c(N)c2c1C. The van der Waals surface area contributed by atoms with Gasteiger partial charge in [0.2, 0.25) is 0 Å². The molecule has 3 N–H and O–H groups in total. The molecule has 130 valence electrons. The summed E-state index contributed by atoms with van der Waals surface area (Å²) >= 11 is 0.151. The third-order valence-corrected chi connectivity index (χ3v) is 5.89. The molecule has 0 aliphatic rings. The maximum Gasteiger partial charge on any atom is 0.263 e. The van der Waals surface area contributed by atoms with Gasteiger partial charge >= 0.3 is 0 Å². The number of nitrogens with zero attached hydrogens (tertiary/aromatic N) is 3. The number of thiophene rings is 1. The lowest BCUT2D eigenvalue weighted by molar-refractivity contribution is 0.0955. The molecule has 0 saturated heterocycles. The Balaban J connectivity index is 1.78. The molecule has 3 aromatic heterocycles. The van der Waals surface area contributed by atoms with E-state index in [2.05, 4.69) is 20.5 Å². The molecule has 0 bridgehead atoms. The topological polar surface area (TPSA) is 117 Å². The number of nitrogens with two attached hydrogens (primary N) is 1. The highest BCUT2D eigenvalue weighted by Gasteiger charge is 2.19. The van der Waals surface area contributed by atoms with E-state index in [0.29, 0.717) is 26.0 Å². The second kappa shape index (κ2) is 6.95.